The Kier molecular flexibility index (Phi) is 5.31. The first kappa shape index (κ1) is 14.5. The van der Waals surface area contributed by atoms with E-state index in [0.29, 0.717) is 6.54 Å². The van der Waals surface area contributed by atoms with Crippen LogP contribution in [0.2, 0.25) is 0 Å². The summed E-state index contributed by atoms with van der Waals surface area (Å²) >= 11 is 0. The summed E-state index contributed by atoms with van der Waals surface area (Å²) in [5, 5.41) is 17.0. The van der Waals surface area contributed by atoms with Gasteiger partial charge in [-0.2, -0.15) is 10.5 Å². The molecular weight excluding hydrogens is 249 g/mol. The normalized spacial score (nSPS) is 9.26. The number of halogens is 1. The number of benzene rings is 1. The fraction of sp³-hybridized carbons (Fsp3) is 0.308. The molecule has 0 aliphatic heterocycles. The summed E-state index contributed by atoms with van der Waals surface area (Å²) in [6, 6.07) is 7.39. The first-order chi connectivity index (χ1) is 9.08. The second-order valence-electron chi connectivity index (χ2n) is 3.77. The van der Waals surface area contributed by atoms with Gasteiger partial charge in [0.15, 0.2) is 6.61 Å². The molecule has 1 aromatic rings. The lowest BCUT2D eigenvalue weighted by atomic mass is 10.2. The molecule has 1 amide bonds. The van der Waals surface area contributed by atoms with Crippen molar-refractivity contribution in [2.75, 3.05) is 20.2 Å². The van der Waals surface area contributed by atoms with E-state index in [1.165, 1.54) is 17.0 Å². The topological polar surface area (TPSA) is 77.1 Å². The molecule has 0 aromatic heterocycles. The molecule has 0 aliphatic carbocycles. The standard InChI is InChI=1S/C13H12FN3O2/c1-17(6-2-5-15)13(18)9-19-11-4-3-10(8-16)12(14)7-11/h3-4,7H,2,6,9H2,1H3. The van der Waals surface area contributed by atoms with Crippen molar-refractivity contribution in [3.05, 3.63) is 29.6 Å². The fourth-order valence-electron chi connectivity index (χ4n) is 1.27. The van der Waals surface area contributed by atoms with Crippen LogP contribution in [0.5, 0.6) is 5.75 Å². The molecule has 1 rings (SSSR count). The smallest absolute Gasteiger partial charge is 0.260 e. The quantitative estimate of drug-likeness (QED) is 0.803. The molecule has 5 nitrogen and oxygen atoms in total. The number of nitriles is 2. The van der Waals surface area contributed by atoms with E-state index in [9.17, 15) is 9.18 Å². The third-order valence-corrected chi connectivity index (χ3v) is 2.41. The Morgan fingerprint density at radius 3 is 2.79 bits per heavy atom. The maximum Gasteiger partial charge on any atom is 0.260 e. The monoisotopic (exact) mass is 261 g/mol. The number of hydrogen-bond donors (Lipinski definition) is 0. The van der Waals surface area contributed by atoms with Gasteiger partial charge in [0.05, 0.1) is 18.1 Å². The molecule has 0 heterocycles. The highest BCUT2D eigenvalue weighted by Gasteiger charge is 2.10. The molecule has 1 aromatic carbocycles. The van der Waals surface area contributed by atoms with E-state index in [2.05, 4.69) is 0 Å². The zero-order valence-corrected chi connectivity index (χ0v) is 10.4. The predicted octanol–water partition coefficient (Wildman–Crippen LogP) is 1.45. The Morgan fingerprint density at radius 1 is 1.47 bits per heavy atom. The number of carbonyl (C=O) groups is 1. The lowest BCUT2D eigenvalue weighted by molar-refractivity contribution is -0.131. The van der Waals surface area contributed by atoms with Gasteiger partial charge in [0.1, 0.15) is 17.6 Å². The largest absolute Gasteiger partial charge is 0.484 e. The average molecular weight is 261 g/mol. The van der Waals surface area contributed by atoms with Crippen molar-refractivity contribution < 1.29 is 13.9 Å². The van der Waals surface area contributed by atoms with Gasteiger partial charge in [-0.15, -0.1) is 0 Å². The summed E-state index contributed by atoms with van der Waals surface area (Å²) in [6.07, 6.45) is 0.244. The Hall–Kier alpha value is -2.60. The van der Waals surface area contributed by atoms with Gasteiger partial charge in [-0.3, -0.25) is 4.79 Å². The Morgan fingerprint density at radius 2 is 2.21 bits per heavy atom. The van der Waals surface area contributed by atoms with Gasteiger partial charge >= 0.3 is 0 Å². The van der Waals surface area contributed by atoms with Gasteiger partial charge in [-0.05, 0) is 12.1 Å². The molecule has 98 valence electrons. The van der Waals surface area contributed by atoms with Crippen LogP contribution in [0.25, 0.3) is 0 Å². The van der Waals surface area contributed by atoms with E-state index in [4.69, 9.17) is 15.3 Å². The van der Waals surface area contributed by atoms with Crippen LogP contribution < -0.4 is 4.74 Å². The number of amides is 1. The van der Waals surface area contributed by atoms with Gasteiger partial charge in [0, 0.05) is 19.7 Å². The number of nitrogens with zero attached hydrogens (tertiary/aromatic N) is 3. The second-order valence-corrected chi connectivity index (χ2v) is 3.77. The molecule has 0 aliphatic rings. The minimum absolute atomic E-state index is 0.0789. The highest BCUT2D eigenvalue weighted by Crippen LogP contribution is 2.15. The Balaban J connectivity index is 2.53. The van der Waals surface area contributed by atoms with Crippen LogP contribution in [0.3, 0.4) is 0 Å². The van der Waals surface area contributed by atoms with Crippen LogP contribution >= 0.6 is 0 Å². The molecule has 6 heteroatoms. The van der Waals surface area contributed by atoms with Gasteiger partial charge in [-0.25, -0.2) is 4.39 Å². The fourth-order valence-corrected chi connectivity index (χ4v) is 1.27. The maximum absolute atomic E-state index is 13.3. The van der Waals surface area contributed by atoms with Gasteiger partial charge in [-0.1, -0.05) is 0 Å². The number of ether oxygens (including phenoxy) is 1. The Bertz CT molecular complexity index is 546. The van der Waals surface area contributed by atoms with E-state index in [1.807, 2.05) is 6.07 Å². The van der Waals surface area contributed by atoms with E-state index < -0.39 is 5.82 Å². The van der Waals surface area contributed by atoms with Gasteiger partial charge in [0.25, 0.3) is 5.91 Å². The molecule has 0 unspecified atom stereocenters. The number of carbonyl (C=O) groups excluding carboxylic acids is 1. The van der Waals surface area contributed by atoms with E-state index in [-0.39, 0.29) is 30.2 Å². The van der Waals surface area contributed by atoms with E-state index in [0.717, 1.165) is 6.07 Å². The van der Waals surface area contributed by atoms with E-state index >= 15 is 0 Å². The van der Waals surface area contributed by atoms with Crippen LogP contribution in [-0.2, 0) is 4.79 Å². The summed E-state index contributed by atoms with van der Waals surface area (Å²) in [5.74, 6) is -0.816. The summed E-state index contributed by atoms with van der Waals surface area (Å²) in [5.41, 5.74) is -0.0789. The van der Waals surface area contributed by atoms with Crippen molar-refractivity contribution in [3.8, 4) is 17.9 Å². The first-order valence-electron chi connectivity index (χ1n) is 5.52. The van der Waals surface area contributed by atoms with Crippen LogP contribution in [0.1, 0.15) is 12.0 Å². The SMILES string of the molecule is CN(CCC#N)C(=O)COc1ccc(C#N)c(F)c1. The lowest BCUT2D eigenvalue weighted by Crippen LogP contribution is -2.32. The van der Waals surface area contributed by atoms with Crippen LogP contribution in [0.15, 0.2) is 18.2 Å². The highest BCUT2D eigenvalue weighted by molar-refractivity contribution is 5.77. The molecular formula is C13H12FN3O2. The minimum atomic E-state index is -0.690. The maximum atomic E-state index is 13.3. The van der Waals surface area contributed by atoms with Crippen molar-refractivity contribution in [2.24, 2.45) is 0 Å². The zero-order valence-electron chi connectivity index (χ0n) is 10.4. The molecule has 0 fully saturated rings. The third-order valence-electron chi connectivity index (χ3n) is 2.41. The molecule has 0 radical (unpaired) electrons. The van der Waals surface area contributed by atoms with Crippen molar-refractivity contribution in [1.82, 2.24) is 4.90 Å². The van der Waals surface area contributed by atoms with Gasteiger partial charge < -0.3 is 9.64 Å². The first-order valence-corrected chi connectivity index (χ1v) is 5.52. The van der Waals surface area contributed by atoms with Gasteiger partial charge in [0.2, 0.25) is 0 Å². The summed E-state index contributed by atoms with van der Waals surface area (Å²) in [7, 11) is 1.56. The van der Waals surface area contributed by atoms with Crippen LogP contribution in [0, 0.1) is 28.5 Å². The molecule has 0 bridgehead atoms. The van der Waals surface area contributed by atoms with Crippen molar-refractivity contribution in [1.29, 1.82) is 10.5 Å². The molecule has 0 atom stereocenters. The van der Waals surface area contributed by atoms with Crippen molar-refractivity contribution >= 4 is 5.91 Å². The summed E-state index contributed by atoms with van der Waals surface area (Å²) in [6.45, 7) is 0.0771. The molecule has 0 N–H and O–H groups in total. The van der Waals surface area contributed by atoms with Crippen molar-refractivity contribution in [3.63, 3.8) is 0 Å². The molecule has 0 spiro atoms. The number of rotatable bonds is 5. The Labute approximate surface area is 110 Å². The highest BCUT2D eigenvalue weighted by atomic mass is 19.1. The van der Waals surface area contributed by atoms with Crippen LogP contribution in [0.4, 0.5) is 4.39 Å². The lowest BCUT2D eigenvalue weighted by Gasteiger charge is -2.15. The zero-order chi connectivity index (χ0) is 14.3. The third kappa shape index (κ3) is 4.29. The summed E-state index contributed by atoms with van der Waals surface area (Å²) < 4.78 is 18.4. The molecule has 0 saturated heterocycles. The van der Waals surface area contributed by atoms with Crippen molar-refractivity contribution in [2.45, 2.75) is 6.42 Å². The molecule has 0 saturated carbocycles. The average Bonchev–Trinajstić information content (AvgIpc) is 2.42. The number of likely N-dealkylation sites (N-methyl/N-ethyl adjacent to an activating group) is 1. The predicted molar refractivity (Wildman–Crippen MR) is 64.5 cm³/mol. The number of hydrogen-bond acceptors (Lipinski definition) is 4. The summed E-state index contributed by atoms with van der Waals surface area (Å²) in [4.78, 5) is 12.9. The van der Waals surface area contributed by atoms with Crippen LogP contribution in [-0.4, -0.2) is 31.0 Å². The van der Waals surface area contributed by atoms with E-state index in [1.54, 1.807) is 13.1 Å². The minimum Gasteiger partial charge on any atom is -0.484 e. The second kappa shape index (κ2) is 6.97. The molecule has 19 heavy (non-hydrogen) atoms.